The third-order valence-electron chi connectivity index (χ3n) is 3.31. The van der Waals surface area contributed by atoms with Gasteiger partial charge in [-0.1, -0.05) is 19.9 Å². The molecule has 0 unspecified atom stereocenters. The van der Waals surface area contributed by atoms with E-state index in [1.165, 1.54) is 0 Å². The number of carbonyl (C=O) groups excluding carboxylic acids is 1. The van der Waals surface area contributed by atoms with Gasteiger partial charge in [0.2, 0.25) is 0 Å². The standard InChI is InChI=1S/C15H20ClNO3/c1-15(2,6-7-16)10-17-14(18)11-4-3-5-12-13(11)20-9-8-19-12/h3-5H,6-10H2,1-2H3,(H,17,18). The summed E-state index contributed by atoms with van der Waals surface area (Å²) in [4.78, 5) is 12.3. The van der Waals surface area contributed by atoms with E-state index in [4.69, 9.17) is 21.1 Å². The highest BCUT2D eigenvalue weighted by atomic mass is 35.5. The van der Waals surface area contributed by atoms with Gasteiger partial charge in [-0.05, 0) is 24.0 Å². The summed E-state index contributed by atoms with van der Waals surface area (Å²) in [5.41, 5.74) is 0.493. The monoisotopic (exact) mass is 297 g/mol. The largest absolute Gasteiger partial charge is 0.486 e. The molecule has 0 aromatic heterocycles. The number of hydrogen-bond acceptors (Lipinski definition) is 3. The highest BCUT2D eigenvalue weighted by Crippen LogP contribution is 2.33. The molecule has 5 heteroatoms. The van der Waals surface area contributed by atoms with E-state index in [1.807, 2.05) is 6.07 Å². The Kier molecular flexibility index (Phi) is 4.76. The van der Waals surface area contributed by atoms with Gasteiger partial charge in [-0.2, -0.15) is 0 Å². The highest BCUT2D eigenvalue weighted by Gasteiger charge is 2.23. The van der Waals surface area contributed by atoms with Crippen LogP contribution in [0.2, 0.25) is 0 Å². The first-order valence-electron chi connectivity index (χ1n) is 6.76. The molecular weight excluding hydrogens is 278 g/mol. The van der Waals surface area contributed by atoms with Crippen molar-refractivity contribution >= 4 is 17.5 Å². The Morgan fingerprint density at radius 3 is 2.85 bits per heavy atom. The smallest absolute Gasteiger partial charge is 0.255 e. The van der Waals surface area contributed by atoms with E-state index in [0.717, 1.165) is 6.42 Å². The van der Waals surface area contributed by atoms with Crippen LogP contribution in [0.4, 0.5) is 0 Å². The van der Waals surface area contributed by atoms with Crippen molar-refractivity contribution in [3.05, 3.63) is 23.8 Å². The predicted octanol–water partition coefficient (Wildman–Crippen LogP) is 2.84. The molecule has 1 amide bonds. The molecule has 4 nitrogen and oxygen atoms in total. The third kappa shape index (κ3) is 3.57. The molecule has 0 radical (unpaired) electrons. The minimum Gasteiger partial charge on any atom is -0.486 e. The van der Waals surface area contributed by atoms with Crippen molar-refractivity contribution in [1.29, 1.82) is 0 Å². The maximum Gasteiger partial charge on any atom is 0.255 e. The number of amides is 1. The van der Waals surface area contributed by atoms with Crippen LogP contribution < -0.4 is 14.8 Å². The van der Waals surface area contributed by atoms with Gasteiger partial charge in [-0.3, -0.25) is 4.79 Å². The van der Waals surface area contributed by atoms with Gasteiger partial charge in [-0.25, -0.2) is 0 Å². The first kappa shape index (κ1) is 15.0. The molecule has 2 rings (SSSR count). The molecular formula is C15H20ClNO3. The summed E-state index contributed by atoms with van der Waals surface area (Å²) in [7, 11) is 0. The van der Waals surface area contributed by atoms with Crippen molar-refractivity contribution in [2.24, 2.45) is 5.41 Å². The number of halogens is 1. The van der Waals surface area contributed by atoms with Crippen LogP contribution in [0.25, 0.3) is 0 Å². The van der Waals surface area contributed by atoms with E-state index in [1.54, 1.807) is 12.1 Å². The molecule has 0 aliphatic carbocycles. The van der Waals surface area contributed by atoms with Gasteiger partial charge < -0.3 is 14.8 Å². The Labute approximate surface area is 124 Å². The maximum atomic E-state index is 12.3. The van der Waals surface area contributed by atoms with E-state index < -0.39 is 0 Å². The van der Waals surface area contributed by atoms with Gasteiger partial charge >= 0.3 is 0 Å². The molecule has 1 N–H and O–H groups in total. The van der Waals surface area contributed by atoms with Crippen LogP contribution in [0.1, 0.15) is 30.6 Å². The number of benzene rings is 1. The number of nitrogens with one attached hydrogen (secondary N) is 1. The molecule has 0 fully saturated rings. The first-order chi connectivity index (χ1) is 9.53. The number of ether oxygens (including phenoxy) is 2. The van der Waals surface area contributed by atoms with Crippen LogP contribution >= 0.6 is 11.6 Å². The second-order valence-electron chi connectivity index (χ2n) is 5.62. The quantitative estimate of drug-likeness (QED) is 0.850. The zero-order valence-corrected chi connectivity index (χ0v) is 12.6. The van der Waals surface area contributed by atoms with Crippen molar-refractivity contribution in [1.82, 2.24) is 5.32 Å². The van der Waals surface area contributed by atoms with Crippen LogP contribution in [0, 0.1) is 5.41 Å². The SMILES string of the molecule is CC(C)(CCCl)CNC(=O)c1cccc2c1OCCO2. The fraction of sp³-hybridized carbons (Fsp3) is 0.533. The van der Waals surface area contributed by atoms with Crippen LogP contribution in [-0.2, 0) is 0 Å². The minimum atomic E-state index is -0.144. The topological polar surface area (TPSA) is 47.6 Å². The second kappa shape index (κ2) is 6.35. The predicted molar refractivity (Wildman–Crippen MR) is 78.9 cm³/mol. The van der Waals surface area contributed by atoms with Gasteiger partial charge in [0.05, 0.1) is 5.56 Å². The summed E-state index contributed by atoms with van der Waals surface area (Å²) < 4.78 is 11.0. The van der Waals surface area contributed by atoms with Crippen LogP contribution in [0.15, 0.2) is 18.2 Å². The van der Waals surface area contributed by atoms with Gasteiger partial charge in [-0.15, -0.1) is 11.6 Å². The molecule has 1 heterocycles. The lowest BCUT2D eigenvalue weighted by atomic mass is 9.90. The number of hydrogen-bond donors (Lipinski definition) is 1. The Hall–Kier alpha value is -1.42. The summed E-state index contributed by atoms with van der Waals surface area (Å²) in [6, 6.07) is 5.35. The molecule has 1 aromatic carbocycles. The number of alkyl halides is 1. The van der Waals surface area contributed by atoms with E-state index in [2.05, 4.69) is 19.2 Å². The Morgan fingerprint density at radius 1 is 1.35 bits per heavy atom. The van der Waals surface area contributed by atoms with Crippen molar-refractivity contribution in [2.75, 3.05) is 25.6 Å². The molecule has 0 spiro atoms. The number of rotatable bonds is 5. The van der Waals surface area contributed by atoms with Gasteiger partial charge in [0.1, 0.15) is 13.2 Å². The Balaban J connectivity index is 2.06. The molecule has 1 aliphatic heterocycles. The van der Waals surface area contributed by atoms with Gasteiger partial charge in [0.25, 0.3) is 5.91 Å². The van der Waals surface area contributed by atoms with E-state index >= 15 is 0 Å². The zero-order valence-electron chi connectivity index (χ0n) is 11.9. The first-order valence-corrected chi connectivity index (χ1v) is 7.30. The summed E-state index contributed by atoms with van der Waals surface area (Å²) in [5, 5.41) is 2.94. The minimum absolute atomic E-state index is 0.0242. The number of carbonyl (C=O) groups is 1. The van der Waals surface area contributed by atoms with E-state index in [-0.39, 0.29) is 11.3 Å². The van der Waals surface area contributed by atoms with Crippen LogP contribution in [0.3, 0.4) is 0 Å². The van der Waals surface area contributed by atoms with Crippen molar-refractivity contribution in [3.8, 4) is 11.5 Å². The molecule has 1 aliphatic rings. The average molecular weight is 298 g/mol. The molecule has 110 valence electrons. The third-order valence-corrected chi connectivity index (χ3v) is 3.50. The molecule has 0 bridgehead atoms. The lowest BCUT2D eigenvalue weighted by molar-refractivity contribution is 0.0925. The number of fused-ring (bicyclic) bond motifs is 1. The highest BCUT2D eigenvalue weighted by molar-refractivity contribution is 6.17. The maximum absolute atomic E-state index is 12.3. The van der Waals surface area contributed by atoms with Crippen molar-refractivity contribution < 1.29 is 14.3 Å². The normalized spacial score (nSPS) is 13.9. The Morgan fingerprint density at radius 2 is 2.10 bits per heavy atom. The van der Waals surface area contributed by atoms with Crippen molar-refractivity contribution in [3.63, 3.8) is 0 Å². The second-order valence-corrected chi connectivity index (χ2v) is 5.99. The van der Waals surface area contributed by atoms with Gasteiger partial charge in [0.15, 0.2) is 11.5 Å². The lowest BCUT2D eigenvalue weighted by Gasteiger charge is -2.25. The van der Waals surface area contributed by atoms with Gasteiger partial charge in [0, 0.05) is 12.4 Å². The van der Waals surface area contributed by atoms with E-state index in [9.17, 15) is 4.79 Å². The van der Waals surface area contributed by atoms with Crippen molar-refractivity contribution in [2.45, 2.75) is 20.3 Å². The fourth-order valence-corrected chi connectivity index (χ4v) is 2.52. The molecule has 0 atom stereocenters. The summed E-state index contributed by atoms with van der Waals surface area (Å²) in [5.74, 6) is 1.60. The molecule has 20 heavy (non-hydrogen) atoms. The fourth-order valence-electron chi connectivity index (χ4n) is 2.01. The summed E-state index contributed by atoms with van der Waals surface area (Å²) in [6.07, 6.45) is 0.849. The molecule has 0 saturated heterocycles. The summed E-state index contributed by atoms with van der Waals surface area (Å²) in [6.45, 7) is 5.71. The van der Waals surface area contributed by atoms with E-state index in [0.29, 0.717) is 42.7 Å². The average Bonchev–Trinajstić information content (AvgIpc) is 2.44. The summed E-state index contributed by atoms with van der Waals surface area (Å²) >= 11 is 5.76. The molecule has 1 aromatic rings. The zero-order chi connectivity index (χ0) is 14.6. The van der Waals surface area contributed by atoms with Crippen LogP contribution in [-0.4, -0.2) is 31.5 Å². The number of para-hydroxylation sites is 1. The Bertz CT molecular complexity index is 488. The lowest BCUT2D eigenvalue weighted by Crippen LogP contribution is -2.34. The molecule has 0 saturated carbocycles. The van der Waals surface area contributed by atoms with Crippen LogP contribution in [0.5, 0.6) is 11.5 Å².